The van der Waals surface area contributed by atoms with Crippen molar-refractivity contribution in [2.45, 2.75) is 11.3 Å². The van der Waals surface area contributed by atoms with Crippen molar-refractivity contribution in [2.24, 2.45) is 0 Å². The molecular formula is C8H8OS. The lowest BCUT2D eigenvalue weighted by Gasteiger charge is -1.98. The molecule has 0 amide bonds. The summed E-state index contributed by atoms with van der Waals surface area (Å²) in [6.45, 7) is 0.812. The molecule has 1 nitrogen and oxygen atoms in total. The van der Waals surface area contributed by atoms with Gasteiger partial charge in [0.15, 0.2) is 0 Å². The number of fused-ring (bicyclic) bond motifs is 1. The van der Waals surface area contributed by atoms with E-state index in [1.54, 1.807) is 0 Å². The van der Waals surface area contributed by atoms with E-state index in [9.17, 15) is 0 Å². The maximum atomic E-state index is 5.33. The number of hydrogen-bond donors (Lipinski definition) is 1. The third kappa shape index (κ3) is 0.797. The van der Waals surface area contributed by atoms with Crippen molar-refractivity contribution in [3.05, 3.63) is 23.8 Å². The Bertz CT molecular complexity index is 257. The van der Waals surface area contributed by atoms with Crippen molar-refractivity contribution in [3.63, 3.8) is 0 Å². The molecule has 0 N–H and O–H groups in total. The Kier molecular flexibility index (Phi) is 1.34. The highest BCUT2D eigenvalue weighted by Gasteiger charge is 2.12. The van der Waals surface area contributed by atoms with E-state index in [1.165, 1.54) is 5.56 Å². The van der Waals surface area contributed by atoms with Crippen molar-refractivity contribution in [1.82, 2.24) is 0 Å². The fraction of sp³-hybridized carbons (Fsp3) is 0.250. The number of hydrogen-bond acceptors (Lipinski definition) is 2. The Hall–Kier alpha value is -0.630. The highest BCUT2D eigenvalue weighted by molar-refractivity contribution is 7.80. The summed E-state index contributed by atoms with van der Waals surface area (Å²) in [5.74, 6) is 1.01. The predicted molar refractivity (Wildman–Crippen MR) is 42.9 cm³/mol. The normalized spacial score (nSPS) is 14.5. The minimum absolute atomic E-state index is 0.812. The van der Waals surface area contributed by atoms with Gasteiger partial charge >= 0.3 is 0 Å². The van der Waals surface area contributed by atoms with Gasteiger partial charge in [-0.1, -0.05) is 6.07 Å². The standard InChI is InChI=1S/C8H8OS/c10-8-3-1-2-7-6(8)4-5-9-7/h1-3,10H,4-5H2. The monoisotopic (exact) mass is 152 g/mol. The van der Waals surface area contributed by atoms with E-state index in [0.717, 1.165) is 23.7 Å². The summed E-state index contributed by atoms with van der Waals surface area (Å²) in [5.41, 5.74) is 1.26. The highest BCUT2D eigenvalue weighted by atomic mass is 32.1. The molecule has 1 aliphatic heterocycles. The van der Waals surface area contributed by atoms with E-state index in [0.29, 0.717) is 0 Å². The van der Waals surface area contributed by atoms with Gasteiger partial charge in [-0.2, -0.15) is 0 Å². The quantitative estimate of drug-likeness (QED) is 0.559. The van der Waals surface area contributed by atoms with Crippen LogP contribution in [0, 0.1) is 0 Å². The zero-order chi connectivity index (χ0) is 6.97. The number of benzene rings is 1. The average Bonchev–Trinajstić information content (AvgIpc) is 2.36. The fourth-order valence-corrected chi connectivity index (χ4v) is 1.51. The Balaban J connectivity index is 2.59. The Labute approximate surface area is 65.4 Å². The summed E-state index contributed by atoms with van der Waals surface area (Å²) < 4.78 is 5.33. The molecule has 2 rings (SSSR count). The van der Waals surface area contributed by atoms with Gasteiger partial charge in [-0.05, 0) is 12.1 Å². The smallest absolute Gasteiger partial charge is 0.123 e. The molecule has 0 spiro atoms. The first kappa shape index (κ1) is 6.10. The van der Waals surface area contributed by atoms with E-state index in [-0.39, 0.29) is 0 Å². The molecule has 0 aromatic heterocycles. The van der Waals surface area contributed by atoms with Gasteiger partial charge in [-0.15, -0.1) is 12.6 Å². The summed E-state index contributed by atoms with van der Waals surface area (Å²) >= 11 is 4.31. The van der Waals surface area contributed by atoms with Crippen LogP contribution in [0.15, 0.2) is 23.1 Å². The summed E-state index contributed by atoms with van der Waals surface area (Å²) in [7, 11) is 0. The number of ether oxygens (including phenoxy) is 1. The Morgan fingerprint density at radius 1 is 1.40 bits per heavy atom. The molecule has 10 heavy (non-hydrogen) atoms. The van der Waals surface area contributed by atoms with Crippen LogP contribution >= 0.6 is 12.6 Å². The van der Waals surface area contributed by atoms with Crippen LogP contribution in [0.25, 0.3) is 0 Å². The van der Waals surface area contributed by atoms with Crippen LogP contribution in [0.1, 0.15) is 5.56 Å². The molecule has 1 aliphatic rings. The number of thiol groups is 1. The second-order valence-electron chi connectivity index (χ2n) is 2.35. The van der Waals surface area contributed by atoms with Crippen LogP contribution in [0.3, 0.4) is 0 Å². The van der Waals surface area contributed by atoms with Crippen LogP contribution in [-0.4, -0.2) is 6.61 Å². The van der Waals surface area contributed by atoms with Gasteiger partial charge < -0.3 is 4.74 Å². The topological polar surface area (TPSA) is 9.23 Å². The first-order chi connectivity index (χ1) is 4.88. The van der Waals surface area contributed by atoms with E-state index in [4.69, 9.17) is 4.74 Å². The molecule has 0 atom stereocenters. The molecule has 0 fully saturated rings. The van der Waals surface area contributed by atoms with Gasteiger partial charge in [0.1, 0.15) is 5.75 Å². The number of rotatable bonds is 0. The van der Waals surface area contributed by atoms with E-state index < -0.39 is 0 Å². The van der Waals surface area contributed by atoms with Gasteiger partial charge in [0.25, 0.3) is 0 Å². The molecule has 1 aromatic carbocycles. The minimum Gasteiger partial charge on any atom is -0.493 e. The van der Waals surface area contributed by atoms with Crippen molar-refractivity contribution in [3.8, 4) is 5.75 Å². The largest absolute Gasteiger partial charge is 0.493 e. The van der Waals surface area contributed by atoms with Crippen molar-refractivity contribution in [2.75, 3.05) is 6.61 Å². The van der Waals surface area contributed by atoms with Gasteiger partial charge in [0, 0.05) is 16.9 Å². The predicted octanol–water partition coefficient (Wildman–Crippen LogP) is 1.91. The maximum Gasteiger partial charge on any atom is 0.123 e. The first-order valence-corrected chi connectivity index (χ1v) is 3.76. The molecule has 0 bridgehead atoms. The third-order valence-electron chi connectivity index (χ3n) is 1.72. The Morgan fingerprint density at radius 3 is 3.10 bits per heavy atom. The third-order valence-corrected chi connectivity index (χ3v) is 2.14. The zero-order valence-electron chi connectivity index (χ0n) is 5.50. The van der Waals surface area contributed by atoms with Crippen LogP contribution in [0.2, 0.25) is 0 Å². The molecule has 0 radical (unpaired) electrons. The van der Waals surface area contributed by atoms with Crippen molar-refractivity contribution in [1.29, 1.82) is 0 Å². The van der Waals surface area contributed by atoms with Gasteiger partial charge in [0.05, 0.1) is 6.61 Å². The van der Waals surface area contributed by atoms with Gasteiger partial charge in [-0.25, -0.2) is 0 Å². The molecule has 0 saturated heterocycles. The second kappa shape index (κ2) is 2.20. The summed E-state index contributed by atoms with van der Waals surface area (Å²) in [6, 6.07) is 5.95. The Morgan fingerprint density at radius 2 is 2.30 bits per heavy atom. The summed E-state index contributed by atoms with van der Waals surface area (Å²) in [4.78, 5) is 1.05. The fourth-order valence-electron chi connectivity index (χ4n) is 1.20. The molecular weight excluding hydrogens is 144 g/mol. The van der Waals surface area contributed by atoms with Gasteiger partial charge in [-0.3, -0.25) is 0 Å². The van der Waals surface area contributed by atoms with Crippen molar-refractivity contribution >= 4 is 12.6 Å². The SMILES string of the molecule is Sc1cccc2c1CCO2. The molecule has 1 aromatic rings. The molecule has 0 aliphatic carbocycles. The van der Waals surface area contributed by atoms with Crippen LogP contribution in [0.4, 0.5) is 0 Å². The van der Waals surface area contributed by atoms with Crippen LogP contribution in [-0.2, 0) is 6.42 Å². The lowest BCUT2D eigenvalue weighted by molar-refractivity contribution is 0.357. The second-order valence-corrected chi connectivity index (χ2v) is 2.83. The van der Waals surface area contributed by atoms with E-state index in [2.05, 4.69) is 12.6 Å². The molecule has 1 heterocycles. The van der Waals surface area contributed by atoms with E-state index >= 15 is 0 Å². The van der Waals surface area contributed by atoms with Crippen LogP contribution in [0.5, 0.6) is 5.75 Å². The molecule has 2 heteroatoms. The van der Waals surface area contributed by atoms with E-state index in [1.807, 2.05) is 18.2 Å². The summed E-state index contributed by atoms with van der Waals surface area (Å²) in [5, 5.41) is 0. The van der Waals surface area contributed by atoms with Crippen LogP contribution < -0.4 is 4.74 Å². The lowest BCUT2D eigenvalue weighted by Crippen LogP contribution is -1.85. The maximum absolute atomic E-state index is 5.33. The average molecular weight is 152 g/mol. The molecule has 0 saturated carbocycles. The zero-order valence-corrected chi connectivity index (χ0v) is 6.40. The van der Waals surface area contributed by atoms with Crippen molar-refractivity contribution < 1.29 is 4.74 Å². The first-order valence-electron chi connectivity index (χ1n) is 3.31. The lowest BCUT2D eigenvalue weighted by atomic mass is 10.2. The minimum atomic E-state index is 0.812. The van der Waals surface area contributed by atoms with Gasteiger partial charge in [0.2, 0.25) is 0 Å². The molecule has 52 valence electrons. The highest BCUT2D eigenvalue weighted by Crippen LogP contribution is 2.29. The molecule has 0 unspecified atom stereocenters. The summed E-state index contributed by atoms with van der Waals surface area (Å²) in [6.07, 6.45) is 1.01.